The van der Waals surface area contributed by atoms with Gasteiger partial charge < -0.3 is 5.32 Å². The Morgan fingerprint density at radius 1 is 1.14 bits per heavy atom. The van der Waals surface area contributed by atoms with Gasteiger partial charge in [0.2, 0.25) is 0 Å². The minimum atomic E-state index is 0.769. The van der Waals surface area contributed by atoms with Crippen molar-refractivity contribution in [2.75, 3.05) is 26.7 Å². The lowest BCUT2D eigenvalue weighted by Gasteiger charge is -2.31. The molecule has 0 aromatic heterocycles. The maximum absolute atomic E-state index is 3.23. The first-order chi connectivity index (χ1) is 6.65. The van der Waals surface area contributed by atoms with Gasteiger partial charge in [0.05, 0.1) is 0 Å². The maximum Gasteiger partial charge on any atom is 0.0110 e. The number of hydrogen-bond donors (Lipinski definition) is 1. The van der Waals surface area contributed by atoms with Gasteiger partial charge >= 0.3 is 0 Å². The second-order valence-electron chi connectivity index (χ2n) is 4.46. The van der Waals surface area contributed by atoms with E-state index in [0.717, 1.165) is 18.5 Å². The maximum atomic E-state index is 3.23. The van der Waals surface area contributed by atoms with Gasteiger partial charge in [-0.1, -0.05) is 27.7 Å². The molecule has 0 aliphatic carbocycles. The number of nitrogens with zero attached hydrogens (tertiary/aromatic N) is 1. The molecule has 0 rings (SSSR count). The lowest BCUT2D eigenvalue weighted by molar-refractivity contribution is 0.167. The molecule has 0 bridgehead atoms. The SMILES string of the molecule is CCC(CC)N(CCNC)CC(C)C. The Morgan fingerprint density at radius 2 is 1.71 bits per heavy atom. The molecule has 0 saturated carbocycles. The summed E-state index contributed by atoms with van der Waals surface area (Å²) in [6, 6.07) is 0.769. The van der Waals surface area contributed by atoms with Crippen LogP contribution in [0.5, 0.6) is 0 Å². The molecule has 0 fully saturated rings. The third-order valence-corrected chi connectivity index (χ3v) is 2.71. The van der Waals surface area contributed by atoms with Crippen LogP contribution >= 0.6 is 0 Å². The van der Waals surface area contributed by atoms with Crippen molar-refractivity contribution in [1.82, 2.24) is 10.2 Å². The predicted molar refractivity (Wildman–Crippen MR) is 64.7 cm³/mol. The Kier molecular flexibility index (Phi) is 8.20. The second kappa shape index (κ2) is 8.25. The van der Waals surface area contributed by atoms with Gasteiger partial charge in [0, 0.05) is 25.7 Å². The first-order valence-electron chi connectivity index (χ1n) is 6.04. The summed E-state index contributed by atoms with van der Waals surface area (Å²) in [6.07, 6.45) is 2.54. The van der Waals surface area contributed by atoms with Gasteiger partial charge in [-0.3, -0.25) is 4.90 Å². The zero-order chi connectivity index (χ0) is 11.0. The zero-order valence-electron chi connectivity index (χ0n) is 10.6. The van der Waals surface area contributed by atoms with Crippen LogP contribution in [0, 0.1) is 5.92 Å². The molecule has 0 saturated heterocycles. The fourth-order valence-electron chi connectivity index (χ4n) is 1.95. The number of hydrogen-bond acceptors (Lipinski definition) is 2. The lowest BCUT2D eigenvalue weighted by atomic mass is 10.1. The Bertz CT molecular complexity index is 119. The molecule has 0 heterocycles. The molecule has 2 nitrogen and oxygen atoms in total. The molecule has 14 heavy (non-hydrogen) atoms. The number of likely N-dealkylation sites (N-methyl/N-ethyl adjacent to an activating group) is 1. The van der Waals surface area contributed by atoms with Crippen LogP contribution in [0.25, 0.3) is 0 Å². The highest BCUT2D eigenvalue weighted by Gasteiger charge is 2.15. The highest BCUT2D eigenvalue weighted by molar-refractivity contribution is 4.70. The summed E-state index contributed by atoms with van der Waals surface area (Å²) >= 11 is 0. The average molecular weight is 200 g/mol. The van der Waals surface area contributed by atoms with E-state index < -0.39 is 0 Å². The van der Waals surface area contributed by atoms with E-state index in [-0.39, 0.29) is 0 Å². The molecule has 0 amide bonds. The standard InChI is InChI=1S/C12H28N2/c1-6-12(7-2)14(9-8-13-5)10-11(3)4/h11-13H,6-10H2,1-5H3. The lowest BCUT2D eigenvalue weighted by Crippen LogP contribution is -2.40. The third-order valence-electron chi connectivity index (χ3n) is 2.71. The molecule has 0 aliphatic rings. The minimum absolute atomic E-state index is 0.769. The fourth-order valence-corrected chi connectivity index (χ4v) is 1.95. The van der Waals surface area contributed by atoms with Gasteiger partial charge in [0.1, 0.15) is 0 Å². The molecule has 2 heteroatoms. The van der Waals surface area contributed by atoms with Crippen LogP contribution < -0.4 is 5.32 Å². The number of rotatable bonds is 8. The van der Waals surface area contributed by atoms with Crippen molar-refractivity contribution < 1.29 is 0 Å². The quantitative estimate of drug-likeness (QED) is 0.647. The molecule has 0 spiro atoms. The van der Waals surface area contributed by atoms with Crippen molar-refractivity contribution in [3.05, 3.63) is 0 Å². The summed E-state index contributed by atoms with van der Waals surface area (Å²) in [4.78, 5) is 2.63. The Labute approximate surface area is 90.1 Å². The highest BCUT2D eigenvalue weighted by Crippen LogP contribution is 2.10. The van der Waals surface area contributed by atoms with Gasteiger partial charge in [0.25, 0.3) is 0 Å². The molecule has 0 unspecified atom stereocenters. The number of nitrogens with one attached hydrogen (secondary N) is 1. The Balaban J connectivity index is 4.06. The molecule has 0 aromatic rings. The van der Waals surface area contributed by atoms with E-state index in [2.05, 4.69) is 37.9 Å². The smallest absolute Gasteiger partial charge is 0.0110 e. The van der Waals surface area contributed by atoms with E-state index in [0.29, 0.717) is 0 Å². The summed E-state index contributed by atoms with van der Waals surface area (Å²) in [5, 5.41) is 3.23. The second-order valence-corrected chi connectivity index (χ2v) is 4.46. The van der Waals surface area contributed by atoms with Gasteiger partial charge in [-0.25, -0.2) is 0 Å². The fraction of sp³-hybridized carbons (Fsp3) is 1.00. The monoisotopic (exact) mass is 200 g/mol. The van der Waals surface area contributed by atoms with Crippen LogP contribution in [0.3, 0.4) is 0 Å². The van der Waals surface area contributed by atoms with Crippen molar-refractivity contribution in [3.8, 4) is 0 Å². The van der Waals surface area contributed by atoms with Crippen molar-refractivity contribution >= 4 is 0 Å². The van der Waals surface area contributed by atoms with E-state index in [4.69, 9.17) is 0 Å². The largest absolute Gasteiger partial charge is 0.318 e. The third kappa shape index (κ3) is 5.61. The molecule has 0 aliphatic heterocycles. The molecular formula is C12H28N2. The molecule has 0 atom stereocenters. The van der Waals surface area contributed by atoms with Crippen molar-refractivity contribution in [2.45, 2.75) is 46.6 Å². The molecule has 0 aromatic carbocycles. The van der Waals surface area contributed by atoms with E-state index in [1.165, 1.54) is 25.9 Å². The topological polar surface area (TPSA) is 15.3 Å². The van der Waals surface area contributed by atoms with E-state index in [1.54, 1.807) is 0 Å². The van der Waals surface area contributed by atoms with Gasteiger partial charge in [0.15, 0.2) is 0 Å². The van der Waals surface area contributed by atoms with Gasteiger partial charge in [-0.2, -0.15) is 0 Å². The van der Waals surface area contributed by atoms with Gasteiger partial charge in [-0.15, -0.1) is 0 Å². The van der Waals surface area contributed by atoms with E-state index >= 15 is 0 Å². The van der Waals surface area contributed by atoms with Crippen LogP contribution in [-0.4, -0.2) is 37.6 Å². The van der Waals surface area contributed by atoms with Crippen LogP contribution in [0.4, 0.5) is 0 Å². The average Bonchev–Trinajstić information content (AvgIpc) is 2.15. The van der Waals surface area contributed by atoms with Crippen LogP contribution in [-0.2, 0) is 0 Å². The van der Waals surface area contributed by atoms with E-state index in [1.807, 2.05) is 7.05 Å². The Hall–Kier alpha value is -0.0800. The molecule has 86 valence electrons. The van der Waals surface area contributed by atoms with Crippen molar-refractivity contribution in [1.29, 1.82) is 0 Å². The molecule has 0 radical (unpaired) electrons. The summed E-state index contributed by atoms with van der Waals surface area (Å²) in [7, 11) is 2.03. The summed E-state index contributed by atoms with van der Waals surface area (Å²) < 4.78 is 0. The predicted octanol–water partition coefficient (Wildman–Crippen LogP) is 2.35. The first-order valence-corrected chi connectivity index (χ1v) is 6.04. The van der Waals surface area contributed by atoms with E-state index in [9.17, 15) is 0 Å². The molecule has 1 N–H and O–H groups in total. The van der Waals surface area contributed by atoms with Crippen molar-refractivity contribution in [3.63, 3.8) is 0 Å². The zero-order valence-corrected chi connectivity index (χ0v) is 10.6. The summed E-state index contributed by atoms with van der Waals surface area (Å²) in [5.41, 5.74) is 0. The normalized spacial score (nSPS) is 12.0. The first kappa shape index (κ1) is 13.9. The van der Waals surface area contributed by atoms with Crippen molar-refractivity contribution in [2.24, 2.45) is 5.92 Å². The minimum Gasteiger partial charge on any atom is -0.318 e. The highest BCUT2D eigenvalue weighted by atomic mass is 15.2. The summed E-state index contributed by atoms with van der Waals surface area (Å²) in [5.74, 6) is 0.771. The van der Waals surface area contributed by atoms with Crippen LogP contribution in [0.15, 0.2) is 0 Å². The Morgan fingerprint density at radius 3 is 2.07 bits per heavy atom. The van der Waals surface area contributed by atoms with Gasteiger partial charge in [-0.05, 0) is 25.8 Å². The van der Waals surface area contributed by atoms with Crippen LogP contribution in [0.1, 0.15) is 40.5 Å². The molecular weight excluding hydrogens is 172 g/mol. The summed E-state index contributed by atoms with van der Waals surface area (Å²) in [6.45, 7) is 12.7. The van der Waals surface area contributed by atoms with Crippen LogP contribution in [0.2, 0.25) is 0 Å².